The van der Waals surface area contributed by atoms with Crippen LogP contribution >= 0.6 is 0 Å². The highest BCUT2D eigenvalue weighted by molar-refractivity contribution is 5.48. The summed E-state index contributed by atoms with van der Waals surface area (Å²) in [5, 5.41) is 11.8. The van der Waals surface area contributed by atoms with Crippen molar-refractivity contribution in [3.8, 4) is 11.8 Å². The summed E-state index contributed by atoms with van der Waals surface area (Å²) in [6.45, 7) is 3.07. The van der Waals surface area contributed by atoms with E-state index in [1.54, 1.807) is 6.20 Å². The molecule has 0 atom stereocenters. The van der Waals surface area contributed by atoms with Crippen LogP contribution in [0.5, 0.6) is 5.75 Å². The van der Waals surface area contributed by atoms with Crippen molar-refractivity contribution in [1.82, 2.24) is 9.97 Å². The highest BCUT2D eigenvalue weighted by atomic mass is 16.5. The number of hydrogen-bond acceptors (Lipinski definition) is 5. The maximum absolute atomic E-state index is 8.48. The predicted molar refractivity (Wildman–Crippen MR) is 80.9 cm³/mol. The minimum Gasteiger partial charge on any atom is -0.493 e. The molecular weight excluding hydrogens is 264 g/mol. The van der Waals surface area contributed by atoms with Crippen molar-refractivity contribution >= 4 is 5.69 Å². The first-order chi connectivity index (χ1) is 10.3. The van der Waals surface area contributed by atoms with Crippen LogP contribution in [0.3, 0.4) is 0 Å². The number of nitrogens with one attached hydrogen (secondary N) is 1. The van der Waals surface area contributed by atoms with Gasteiger partial charge in [0.25, 0.3) is 0 Å². The molecule has 0 radical (unpaired) electrons. The summed E-state index contributed by atoms with van der Waals surface area (Å²) in [4.78, 5) is 8.42. The summed E-state index contributed by atoms with van der Waals surface area (Å²) in [6.07, 6.45) is 3.02. The summed E-state index contributed by atoms with van der Waals surface area (Å²) < 4.78 is 5.60. The van der Waals surface area contributed by atoms with Crippen molar-refractivity contribution in [2.45, 2.75) is 26.3 Å². The van der Waals surface area contributed by atoms with E-state index in [4.69, 9.17) is 10.00 Å². The number of nitriles is 1. The number of aryl methyl sites for hydroxylation is 1. The molecule has 5 heteroatoms. The van der Waals surface area contributed by atoms with Gasteiger partial charge in [-0.05, 0) is 31.5 Å². The van der Waals surface area contributed by atoms with Crippen molar-refractivity contribution in [2.24, 2.45) is 0 Å². The Kier molecular flexibility index (Phi) is 5.53. The monoisotopic (exact) mass is 282 g/mol. The Labute approximate surface area is 124 Å². The van der Waals surface area contributed by atoms with Gasteiger partial charge in [-0.25, -0.2) is 9.97 Å². The molecule has 0 aliphatic heterocycles. The molecular formula is C16H18N4O. The highest BCUT2D eigenvalue weighted by Gasteiger charge is 1.99. The maximum atomic E-state index is 8.48. The third-order valence-electron chi connectivity index (χ3n) is 2.84. The zero-order valence-corrected chi connectivity index (χ0v) is 12.0. The topological polar surface area (TPSA) is 70.8 Å². The lowest BCUT2D eigenvalue weighted by Crippen LogP contribution is -2.03. The van der Waals surface area contributed by atoms with Gasteiger partial charge in [0, 0.05) is 24.4 Å². The van der Waals surface area contributed by atoms with E-state index in [2.05, 4.69) is 21.4 Å². The van der Waals surface area contributed by atoms with Crippen molar-refractivity contribution in [2.75, 3.05) is 11.9 Å². The number of rotatable bonds is 7. The summed E-state index contributed by atoms with van der Waals surface area (Å²) in [5.74, 6) is 1.57. The number of anilines is 1. The fourth-order valence-corrected chi connectivity index (χ4v) is 1.83. The zero-order chi connectivity index (χ0) is 14.9. The molecule has 1 N–H and O–H groups in total. The van der Waals surface area contributed by atoms with Gasteiger partial charge in [-0.2, -0.15) is 5.26 Å². The Morgan fingerprint density at radius 1 is 1.33 bits per heavy atom. The molecule has 0 bridgehead atoms. The van der Waals surface area contributed by atoms with Crippen LogP contribution in [-0.4, -0.2) is 16.6 Å². The molecule has 0 aliphatic carbocycles. The van der Waals surface area contributed by atoms with Crippen LogP contribution in [0, 0.1) is 18.3 Å². The maximum Gasteiger partial charge on any atom is 0.125 e. The van der Waals surface area contributed by atoms with E-state index in [0.29, 0.717) is 19.6 Å². The predicted octanol–water partition coefficient (Wildman–Crippen LogP) is 3.08. The molecule has 0 aliphatic rings. The molecule has 2 rings (SSSR count). The molecule has 1 aromatic carbocycles. The Balaban J connectivity index is 1.87. The van der Waals surface area contributed by atoms with Crippen LogP contribution in [-0.2, 0) is 6.54 Å². The average Bonchev–Trinajstić information content (AvgIpc) is 2.50. The van der Waals surface area contributed by atoms with E-state index in [-0.39, 0.29) is 0 Å². The van der Waals surface area contributed by atoms with Crippen molar-refractivity contribution in [3.63, 3.8) is 0 Å². The molecule has 0 unspecified atom stereocenters. The van der Waals surface area contributed by atoms with Gasteiger partial charge in [-0.1, -0.05) is 6.07 Å². The van der Waals surface area contributed by atoms with E-state index in [1.165, 1.54) is 0 Å². The van der Waals surface area contributed by atoms with Crippen LogP contribution < -0.4 is 10.1 Å². The minimum absolute atomic E-state index is 0.519. The minimum atomic E-state index is 0.519. The number of hydrogen-bond donors (Lipinski definition) is 1. The number of nitrogens with zero attached hydrogens (tertiary/aromatic N) is 3. The van der Waals surface area contributed by atoms with Gasteiger partial charge in [0.2, 0.25) is 0 Å². The Morgan fingerprint density at radius 3 is 3.05 bits per heavy atom. The molecule has 21 heavy (non-hydrogen) atoms. The third-order valence-corrected chi connectivity index (χ3v) is 2.84. The Bertz CT molecular complexity index is 622. The van der Waals surface area contributed by atoms with Crippen molar-refractivity contribution in [1.29, 1.82) is 5.26 Å². The van der Waals surface area contributed by atoms with Crippen LogP contribution in [0.25, 0.3) is 0 Å². The van der Waals surface area contributed by atoms with E-state index in [0.717, 1.165) is 29.4 Å². The fourth-order valence-electron chi connectivity index (χ4n) is 1.83. The standard InChI is InChI=1S/C16H18N4O/c1-13-18-9-7-15(20-13)12-19-14-5-4-6-16(11-14)21-10-3-2-8-17/h4-7,9,11,19H,2-3,10,12H2,1H3. The lowest BCUT2D eigenvalue weighted by molar-refractivity contribution is 0.313. The number of aromatic nitrogens is 2. The summed E-state index contributed by atoms with van der Waals surface area (Å²) in [6, 6.07) is 11.8. The number of ether oxygens (including phenoxy) is 1. The smallest absolute Gasteiger partial charge is 0.125 e. The number of unbranched alkanes of at least 4 members (excludes halogenated alkanes) is 1. The Morgan fingerprint density at radius 2 is 2.24 bits per heavy atom. The summed E-state index contributed by atoms with van der Waals surface area (Å²) in [5.41, 5.74) is 1.92. The lowest BCUT2D eigenvalue weighted by atomic mass is 10.3. The second-order valence-electron chi connectivity index (χ2n) is 4.59. The van der Waals surface area contributed by atoms with Gasteiger partial charge in [0.05, 0.1) is 24.9 Å². The van der Waals surface area contributed by atoms with E-state index < -0.39 is 0 Å². The van der Waals surface area contributed by atoms with Gasteiger partial charge in [-0.15, -0.1) is 0 Å². The first-order valence-electron chi connectivity index (χ1n) is 6.90. The van der Waals surface area contributed by atoms with Gasteiger partial charge in [-0.3, -0.25) is 0 Å². The van der Waals surface area contributed by atoms with Gasteiger partial charge < -0.3 is 10.1 Å². The second kappa shape index (κ2) is 7.85. The molecule has 0 fully saturated rings. The molecule has 108 valence electrons. The number of benzene rings is 1. The molecule has 0 spiro atoms. The first-order valence-corrected chi connectivity index (χ1v) is 6.90. The normalized spacial score (nSPS) is 9.90. The van der Waals surface area contributed by atoms with Gasteiger partial charge in [0.1, 0.15) is 11.6 Å². The van der Waals surface area contributed by atoms with Crippen LogP contribution in [0.2, 0.25) is 0 Å². The zero-order valence-electron chi connectivity index (χ0n) is 12.0. The molecule has 0 saturated heterocycles. The van der Waals surface area contributed by atoms with Crippen LogP contribution in [0.1, 0.15) is 24.4 Å². The second-order valence-corrected chi connectivity index (χ2v) is 4.59. The van der Waals surface area contributed by atoms with Crippen molar-refractivity contribution in [3.05, 3.63) is 48.0 Å². The van der Waals surface area contributed by atoms with Gasteiger partial charge >= 0.3 is 0 Å². The van der Waals surface area contributed by atoms with Crippen LogP contribution in [0.4, 0.5) is 5.69 Å². The largest absolute Gasteiger partial charge is 0.493 e. The molecule has 5 nitrogen and oxygen atoms in total. The molecule has 2 aromatic rings. The average molecular weight is 282 g/mol. The van der Waals surface area contributed by atoms with Crippen LogP contribution in [0.15, 0.2) is 36.5 Å². The Hall–Kier alpha value is -2.61. The molecule has 0 amide bonds. The van der Waals surface area contributed by atoms with Crippen molar-refractivity contribution < 1.29 is 4.74 Å². The quantitative estimate of drug-likeness (QED) is 0.790. The fraction of sp³-hybridized carbons (Fsp3) is 0.312. The highest BCUT2D eigenvalue weighted by Crippen LogP contribution is 2.18. The molecule has 1 aromatic heterocycles. The summed E-state index contributed by atoms with van der Waals surface area (Å²) in [7, 11) is 0. The first kappa shape index (κ1) is 14.8. The van der Waals surface area contributed by atoms with E-state index in [1.807, 2.05) is 37.3 Å². The van der Waals surface area contributed by atoms with Gasteiger partial charge in [0.15, 0.2) is 0 Å². The lowest BCUT2D eigenvalue weighted by Gasteiger charge is -2.09. The third kappa shape index (κ3) is 5.11. The molecule has 1 heterocycles. The molecule has 0 saturated carbocycles. The SMILES string of the molecule is Cc1nccc(CNc2cccc(OCCCC#N)c2)n1. The van der Waals surface area contributed by atoms with E-state index >= 15 is 0 Å². The summed E-state index contributed by atoms with van der Waals surface area (Å²) >= 11 is 0. The van der Waals surface area contributed by atoms with E-state index in [9.17, 15) is 0 Å².